The van der Waals surface area contributed by atoms with Crippen LogP contribution < -0.4 is 10.3 Å². The second kappa shape index (κ2) is 7.56. The van der Waals surface area contributed by atoms with Crippen LogP contribution in [-0.4, -0.2) is 10.9 Å². The average molecular weight is 459 g/mol. The minimum atomic E-state index is -0.657. The molecule has 166 valence electrons. The summed E-state index contributed by atoms with van der Waals surface area (Å²) >= 11 is 6.16. The Balaban J connectivity index is 1.78. The van der Waals surface area contributed by atoms with Crippen molar-refractivity contribution in [1.82, 2.24) is 4.98 Å². The van der Waals surface area contributed by atoms with Crippen molar-refractivity contribution in [2.24, 2.45) is 0 Å². The number of amides is 1. The first-order chi connectivity index (χ1) is 15.6. The second-order valence-corrected chi connectivity index (χ2v) is 9.84. The summed E-state index contributed by atoms with van der Waals surface area (Å²) in [6, 6.07) is 17.7. The van der Waals surface area contributed by atoms with Gasteiger partial charge in [-0.15, -0.1) is 0 Å². The van der Waals surface area contributed by atoms with Gasteiger partial charge in [0, 0.05) is 10.7 Å². The smallest absolute Gasteiger partial charge is 0.296 e. The fourth-order valence-corrected chi connectivity index (χ4v) is 4.50. The number of aromatic nitrogens is 1. The zero-order valence-corrected chi connectivity index (χ0v) is 19.6. The third-order valence-electron chi connectivity index (χ3n) is 6.05. The van der Waals surface area contributed by atoms with Gasteiger partial charge in [0.15, 0.2) is 5.43 Å². The maximum absolute atomic E-state index is 13.7. The molecule has 0 N–H and O–H groups in total. The number of halogens is 1. The molecule has 2 aromatic heterocycles. The summed E-state index contributed by atoms with van der Waals surface area (Å²) in [5.74, 6) is 0.128. The van der Waals surface area contributed by atoms with E-state index in [0.29, 0.717) is 27.4 Å². The number of nitrogens with zero attached hydrogens (tertiary/aromatic N) is 2. The van der Waals surface area contributed by atoms with Crippen LogP contribution in [0.1, 0.15) is 59.8 Å². The third-order valence-corrected chi connectivity index (χ3v) is 6.28. The Morgan fingerprint density at radius 1 is 1.00 bits per heavy atom. The lowest BCUT2D eigenvalue weighted by Gasteiger charge is -2.25. The van der Waals surface area contributed by atoms with Crippen molar-refractivity contribution in [2.75, 3.05) is 4.90 Å². The average Bonchev–Trinajstić information content (AvgIpc) is 3.06. The number of anilines is 1. The van der Waals surface area contributed by atoms with Crippen LogP contribution in [0, 0.1) is 6.92 Å². The molecule has 3 heterocycles. The number of carbonyl (C=O) groups is 1. The molecule has 0 fully saturated rings. The predicted octanol–water partition coefficient (Wildman–Crippen LogP) is 6.20. The Hall–Kier alpha value is -3.44. The molecule has 33 heavy (non-hydrogen) atoms. The molecule has 0 radical (unpaired) electrons. The molecule has 0 unspecified atom stereocenters. The van der Waals surface area contributed by atoms with Gasteiger partial charge < -0.3 is 4.42 Å². The highest BCUT2D eigenvalue weighted by atomic mass is 35.5. The number of rotatable bonds is 2. The van der Waals surface area contributed by atoms with Gasteiger partial charge >= 0.3 is 0 Å². The molecule has 6 heteroatoms. The predicted molar refractivity (Wildman–Crippen MR) is 130 cm³/mol. The maximum atomic E-state index is 13.7. The van der Waals surface area contributed by atoms with Gasteiger partial charge in [0.2, 0.25) is 5.76 Å². The Morgan fingerprint density at radius 3 is 2.39 bits per heavy atom. The Bertz CT molecular complexity index is 1470. The summed E-state index contributed by atoms with van der Waals surface area (Å²) in [7, 11) is 0. The molecule has 5 nitrogen and oxygen atoms in total. The monoisotopic (exact) mass is 458 g/mol. The molecule has 0 aliphatic carbocycles. The molecule has 0 saturated carbocycles. The summed E-state index contributed by atoms with van der Waals surface area (Å²) in [5.41, 5.74) is 3.10. The van der Waals surface area contributed by atoms with E-state index in [1.165, 1.54) is 0 Å². The van der Waals surface area contributed by atoms with Gasteiger partial charge in [-0.1, -0.05) is 62.7 Å². The summed E-state index contributed by atoms with van der Waals surface area (Å²) in [6.45, 7) is 8.29. The van der Waals surface area contributed by atoms with Gasteiger partial charge in [0.05, 0.1) is 17.0 Å². The first-order valence-corrected chi connectivity index (χ1v) is 11.2. The summed E-state index contributed by atoms with van der Waals surface area (Å²) < 4.78 is 5.99. The van der Waals surface area contributed by atoms with E-state index in [-0.39, 0.29) is 22.5 Å². The fraction of sp³-hybridized carbons (Fsp3) is 0.222. The highest BCUT2D eigenvalue weighted by Crippen LogP contribution is 2.41. The minimum absolute atomic E-state index is 0.0221. The van der Waals surface area contributed by atoms with Gasteiger partial charge in [-0.2, -0.15) is 0 Å². The number of hydrogen-bond acceptors (Lipinski definition) is 4. The van der Waals surface area contributed by atoms with Gasteiger partial charge in [-0.05, 0) is 53.8 Å². The van der Waals surface area contributed by atoms with Crippen molar-refractivity contribution >= 4 is 34.3 Å². The molecule has 0 saturated heterocycles. The van der Waals surface area contributed by atoms with Crippen molar-refractivity contribution in [1.29, 1.82) is 0 Å². The zero-order valence-electron chi connectivity index (χ0n) is 18.8. The van der Waals surface area contributed by atoms with Gasteiger partial charge in [-0.25, -0.2) is 4.98 Å². The van der Waals surface area contributed by atoms with Crippen LogP contribution >= 0.6 is 11.6 Å². The van der Waals surface area contributed by atoms with E-state index < -0.39 is 6.04 Å². The molecule has 1 aliphatic rings. The number of pyridine rings is 1. The maximum Gasteiger partial charge on any atom is 0.296 e. The third kappa shape index (κ3) is 3.53. The van der Waals surface area contributed by atoms with Crippen LogP contribution in [0.5, 0.6) is 0 Å². The lowest BCUT2D eigenvalue weighted by molar-refractivity contribution is 0.0970. The molecule has 0 spiro atoms. The SMILES string of the molecule is Cc1cccc(N2C(=O)c3oc4ccc(Cl)cc4c(=O)c3[C@@H]2c2ccc(C(C)(C)C)cc2)n1. The lowest BCUT2D eigenvalue weighted by Crippen LogP contribution is -2.30. The summed E-state index contributed by atoms with van der Waals surface area (Å²) in [4.78, 5) is 33.4. The normalized spacial score (nSPS) is 15.8. The van der Waals surface area contributed by atoms with Crippen LogP contribution in [0.25, 0.3) is 11.0 Å². The molecule has 1 atom stereocenters. The van der Waals surface area contributed by atoms with E-state index in [0.717, 1.165) is 16.8 Å². The van der Waals surface area contributed by atoms with Crippen LogP contribution in [0.2, 0.25) is 5.02 Å². The van der Waals surface area contributed by atoms with Crippen molar-refractivity contribution in [3.05, 3.63) is 104 Å². The van der Waals surface area contributed by atoms with Crippen LogP contribution in [0.15, 0.2) is 69.9 Å². The van der Waals surface area contributed by atoms with E-state index >= 15 is 0 Å². The van der Waals surface area contributed by atoms with Crippen LogP contribution in [0.4, 0.5) is 5.82 Å². The van der Waals surface area contributed by atoms with Gasteiger partial charge in [0.1, 0.15) is 11.4 Å². The number of aryl methyl sites for hydroxylation is 1. The Kier molecular flexibility index (Phi) is 4.91. The first-order valence-electron chi connectivity index (χ1n) is 10.8. The summed E-state index contributed by atoms with van der Waals surface area (Å²) in [6.07, 6.45) is 0. The van der Waals surface area contributed by atoms with Crippen molar-refractivity contribution < 1.29 is 9.21 Å². The molecule has 2 aromatic carbocycles. The number of benzene rings is 2. The quantitative estimate of drug-likeness (QED) is 0.359. The Morgan fingerprint density at radius 2 is 1.73 bits per heavy atom. The minimum Gasteiger partial charge on any atom is -0.450 e. The van der Waals surface area contributed by atoms with Crippen molar-refractivity contribution in [3.8, 4) is 0 Å². The van der Waals surface area contributed by atoms with Crippen LogP contribution in [-0.2, 0) is 5.41 Å². The molecular weight excluding hydrogens is 436 g/mol. The highest BCUT2D eigenvalue weighted by molar-refractivity contribution is 6.31. The van der Waals surface area contributed by atoms with Crippen molar-refractivity contribution in [2.45, 2.75) is 39.2 Å². The highest BCUT2D eigenvalue weighted by Gasteiger charge is 2.44. The van der Waals surface area contributed by atoms with Crippen molar-refractivity contribution in [3.63, 3.8) is 0 Å². The summed E-state index contributed by atoms with van der Waals surface area (Å²) in [5, 5.41) is 0.784. The van der Waals surface area contributed by atoms with Crippen LogP contribution in [0.3, 0.4) is 0 Å². The van der Waals surface area contributed by atoms with E-state index in [1.54, 1.807) is 29.2 Å². The largest absolute Gasteiger partial charge is 0.450 e. The molecule has 0 bridgehead atoms. The van der Waals surface area contributed by atoms with Gasteiger partial charge in [0.25, 0.3) is 5.91 Å². The fourth-order valence-electron chi connectivity index (χ4n) is 4.33. The molecule has 1 amide bonds. The first kappa shape index (κ1) is 21.4. The lowest BCUT2D eigenvalue weighted by atomic mass is 9.86. The number of fused-ring (bicyclic) bond motifs is 2. The molecule has 1 aliphatic heterocycles. The standard InChI is InChI=1S/C27H23ClN2O3/c1-15-6-5-7-21(29-15)30-23(16-8-10-17(11-9-16)27(2,3)4)22-24(31)19-14-18(28)12-13-20(19)33-25(22)26(30)32/h5-14,23H,1-4H3/t23-/m0/s1. The molecule has 4 aromatic rings. The number of hydrogen-bond donors (Lipinski definition) is 0. The molecular formula is C27H23ClN2O3. The Labute approximate surface area is 196 Å². The van der Waals surface area contributed by atoms with E-state index in [9.17, 15) is 9.59 Å². The molecule has 5 rings (SSSR count). The second-order valence-electron chi connectivity index (χ2n) is 9.40. The zero-order chi connectivity index (χ0) is 23.5. The number of carbonyl (C=O) groups excluding carboxylic acids is 1. The van der Waals surface area contributed by atoms with E-state index in [2.05, 4.69) is 25.8 Å². The van der Waals surface area contributed by atoms with E-state index in [1.807, 2.05) is 43.3 Å². The topological polar surface area (TPSA) is 63.4 Å². The van der Waals surface area contributed by atoms with E-state index in [4.69, 9.17) is 16.0 Å². The van der Waals surface area contributed by atoms with Gasteiger partial charge in [-0.3, -0.25) is 14.5 Å².